The summed E-state index contributed by atoms with van der Waals surface area (Å²) in [6, 6.07) is 0. The van der Waals surface area contributed by atoms with E-state index >= 15 is 0 Å². The maximum Gasteiger partial charge on any atom is 0.269 e. The molecule has 1 amide bonds. The highest BCUT2D eigenvalue weighted by molar-refractivity contribution is 5.93. The van der Waals surface area contributed by atoms with Crippen LogP contribution in [0.5, 0.6) is 0 Å². The summed E-state index contributed by atoms with van der Waals surface area (Å²) in [5.41, 5.74) is 6.84. The van der Waals surface area contributed by atoms with Crippen LogP contribution in [0.15, 0.2) is 23.5 Å². The summed E-state index contributed by atoms with van der Waals surface area (Å²) >= 11 is 0. The molecule has 0 fully saturated rings. The Hall–Kier alpha value is -1.45. The van der Waals surface area contributed by atoms with Crippen LogP contribution in [-0.4, -0.2) is 30.9 Å². The smallest absolute Gasteiger partial charge is 0.269 e. The number of carbonyl (C=O) groups excluding carboxylic acids is 1. The predicted octanol–water partition coefficient (Wildman–Crippen LogP) is 1.21. The van der Waals surface area contributed by atoms with Crippen LogP contribution >= 0.6 is 0 Å². The van der Waals surface area contributed by atoms with Crippen LogP contribution in [-0.2, 0) is 4.79 Å². The average molecular weight is 225 g/mol. The number of allylic oxidation sites excluding steroid dienone is 2. The van der Waals surface area contributed by atoms with Crippen molar-refractivity contribution in [3.05, 3.63) is 23.5 Å². The van der Waals surface area contributed by atoms with Gasteiger partial charge in [-0.15, -0.1) is 0 Å². The number of carbonyl (C=O) groups is 1. The number of nitrogens with one attached hydrogen (secondary N) is 1. The van der Waals surface area contributed by atoms with E-state index in [1.165, 1.54) is 0 Å². The quantitative estimate of drug-likeness (QED) is 0.742. The first-order valence-corrected chi connectivity index (χ1v) is 5.82. The number of nitrogens with zero attached hydrogens (tertiary/aromatic N) is 1. The molecule has 0 saturated carbocycles. The summed E-state index contributed by atoms with van der Waals surface area (Å²) in [6.07, 6.45) is 4.84. The van der Waals surface area contributed by atoms with Gasteiger partial charge in [0.25, 0.3) is 5.91 Å². The van der Waals surface area contributed by atoms with Gasteiger partial charge in [0.2, 0.25) is 0 Å². The summed E-state index contributed by atoms with van der Waals surface area (Å²) in [7, 11) is 1.93. The van der Waals surface area contributed by atoms with Gasteiger partial charge < -0.3 is 16.0 Å². The van der Waals surface area contributed by atoms with Crippen LogP contribution in [0.1, 0.15) is 27.2 Å². The number of amides is 1. The monoisotopic (exact) mass is 225 g/mol. The molecule has 0 saturated heterocycles. The lowest BCUT2D eigenvalue weighted by Gasteiger charge is -2.18. The lowest BCUT2D eigenvalue weighted by atomic mass is 10.2. The fourth-order valence-electron chi connectivity index (χ4n) is 1.32. The molecule has 92 valence electrons. The zero-order valence-electron chi connectivity index (χ0n) is 10.7. The normalized spacial score (nSPS) is 16.8. The van der Waals surface area contributed by atoms with Crippen molar-refractivity contribution >= 4 is 5.91 Å². The van der Waals surface area contributed by atoms with Gasteiger partial charge in [-0.25, -0.2) is 0 Å². The summed E-state index contributed by atoms with van der Waals surface area (Å²) in [5.74, 6) is -0.176. The second-order valence-electron chi connectivity index (χ2n) is 3.29. The summed E-state index contributed by atoms with van der Waals surface area (Å²) in [5, 5.41) is 2.73. The molecule has 0 aromatic heterocycles. The second-order valence-corrected chi connectivity index (χ2v) is 3.29. The van der Waals surface area contributed by atoms with Gasteiger partial charge >= 0.3 is 0 Å². The summed E-state index contributed by atoms with van der Waals surface area (Å²) < 4.78 is 0. The fraction of sp³-hybridized carbons (Fsp3) is 0.583. The van der Waals surface area contributed by atoms with Gasteiger partial charge in [-0.3, -0.25) is 4.79 Å². The van der Waals surface area contributed by atoms with Gasteiger partial charge in [0.05, 0.1) is 5.70 Å². The largest absolute Gasteiger partial charge is 0.393 e. The number of rotatable bonds is 2. The molecule has 4 heteroatoms. The molecule has 1 aliphatic heterocycles. The molecule has 0 aromatic rings. The van der Waals surface area contributed by atoms with Crippen molar-refractivity contribution in [1.82, 2.24) is 10.2 Å². The maximum absolute atomic E-state index is 11.4. The van der Waals surface area contributed by atoms with E-state index in [-0.39, 0.29) is 5.91 Å². The molecule has 1 heterocycles. The Bertz CT molecular complexity index is 282. The Labute approximate surface area is 98.2 Å². The first-order chi connectivity index (χ1) is 7.66. The van der Waals surface area contributed by atoms with Crippen LogP contribution in [0.2, 0.25) is 0 Å². The molecule has 0 bridgehead atoms. The van der Waals surface area contributed by atoms with E-state index in [2.05, 4.69) is 5.32 Å². The van der Waals surface area contributed by atoms with Crippen molar-refractivity contribution in [3.63, 3.8) is 0 Å². The minimum absolute atomic E-state index is 0.176. The maximum atomic E-state index is 11.4. The Balaban J connectivity index is 0.00000106. The standard InChI is InChI=1S/C10H17N3O.C2H6/c1-3-4-5-8-9(11)10(14)12-6-7-13(8)2;1-2/h4-5H,3,6-7,11H2,1-2H3,(H,12,14);1-2H3/b5-4-;. The van der Waals surface area contributed by atoms with E-state index in [0.717, 1.165) is 18.7 Å². The second kappa shape index (κ2) is 7.79. The van der Waals surface area contributed by atoms with Crippen LogP contribution in [0.25, 0.3) is 0 Å². The third kappa shape index (κ3) is 3.96. The molecule has 0 unspecified atom stereocenters. The number of hydrogen-bond acceptors (Lipinski definition) is 3. The number of hydrogen-bond donors (Lipinski definition) is 2. The minimum atomic E-state index is -0.176. The first kappa shape index (κ1) is 14.6. The Kier molecular flexibility index (Phi) is 7.09. The lowest BCUT2D eigenvalue weighted by Crippen LogP contribution is -2.29. The third-order valence-electron chi connectivity index (χ3n) is 2.18. The molecule has 0 spiro atoms. The molecule has 0 aromatic carbocycles. The molecule has 1 rings (SSSR count). The van der Waals surface area contributed by atoms with Gasteiger partial charge in [0, 0.05) is 20.1 Å². The van der Waals surface area contributed by atoms with Crippen LogP contribution < -0.4 is 11.1 Å². The Morgan fingerprint density at radius 3 is 2.69 bits per heavy atom. The van der Waals surface area contributed by atoms with Crippen molar-refractivity contribution in [2.75, 3.05) is 20.1 Å². The summed E-state index contributed by atoms with van der Waals surface area (Å²) in [6.45, 7) is 7.47. The number of likely N-dealkylation sites (N-methyl/N-ethyl adjacent to an activating group) is 1. The molecule has 0 atom stereocenters. The van der Waals surface area contributed by atoms with Gasteiger partial charge in [-0.2, -0.15) is 0 Å². The Morgan fingerprint density at radius 2 is 2.12 bits per heavy atom. The number of nitrogens with two attached hydrogens (primary N) is 1. The van der Waals surface area contributed by atoms with E-state index < -0.39 is 0 Å². The highest BCUT2D eigenvalue weighted by Gasteiger charge is 2.16. The van der Waals surface area contributed by atoms with Crippen molar-refractivity contribution in [1.29, 1.82) is 0 Å². The molecule has 4 nitrogen and oxygen atoms in total. The topological polar surface area (TPSA) is 58.4 Å². The highest BCUT2D eigenvalue weighted by atomic mass is 16.2. The molecular weight excluding hydrogens is 202 g/mol. The zero-order valence-corrected chi connectivity index (χ0v) is 10.7. The average Bonchev–Trinajstić information content (AvgIpc) is 2.41. The van der Waals surface area contributed by atoms with E-state index in [1.807, 2.05) is 44.9 Å². The van der Waals surface area contributed by atoms with E-state index in [9.17, 15) is 4.79 Å². The van der Waals surface area contributed by atoms with Gasteiger partial charge in [-0.05, 0) is 12.5 Å². The van der Waals surface area contributed by atoms with E-state index in [1.54, 1.807) is 0 Å². The van der Waals surface area contributed by atoms with Crippen LogP contribution in [0.4, 0.5) is 0 Å². The molecule has 0 radical (unpaired) electrons. The molecule has 1 aliphatic rings. The van der Waals surface area contributed by atoms with Gasteiger partial charge in [-0.1, -0.05) is 26.8 Å². The minimum Gasteiger partial charge on any atom is -0.393 e. The van der Waals surface area contributed by atoms with Gasteiger partial charge in [0.15, 0.2) is 0 Å². The SMILES string of the molecule is CC.CC/C=C\C1=C(N)C(=O)NCCN1C. The molecular formula is C12H23N3O. The fourth-order valence-corrected chi connectivity index (χ4v) is 1.32. The molecule has 3 N–H and O–H groups in total. The first-order valence-electron chi connectivity index (χ1n) is 5.82. The molecule has 16 heavy (non-hydrogen) atoms. The van der Waals surface area contributed by atoms with Crippen molar-refractivity contribution in [2.45, 2.75) is 27.2 Å². The Morgan fingerprint density at radius 1 is 1.50 bits per heavy atom. The van der Waals surface area contributed by atoms with Crippen LogP contribution in [0, 0.1) is 0 Å². The third-order valence-corrected chi connectivity index (χ3v) is 2.18. The molecule has 0 aliphatic carbocycles. The lowest BCUT2D eigenvalue weighted by molar-refractivity contribution is -0.117. The van der Waals surface area contributed by atoms with E-state index in [4.69, 9.17) is 5.73 Å². The predicted molar refractivity (Wildman–Crippen MR) is 67.6 cm³/mol. The van der Waals surface area contributed by atoms with Crippen molar-refractivity contribution in [3.8, 4) is 0 Å². The summed E-state index contributed by atoms with van der Waals surface area (Å²) in [4.78, 5) is 13.4. The zero-order chi connectivity index (χ0) is 12.6. The van der Waals surface area contributed by atoms with Gasteiger partial charge in [0.1, 0.15) is 5.70 Å². The van der Waals surface area contributed by atoms with Crippen molar-refractivity contribution < 1.29 is 4.79 Å². The van der Waals surface area contributed by atoms with Crippen LogP contribution in [0.3, 0.4) is 0 Å². The van der Waals surface area contributed by atoms with E-state index in [0.29, 0.717) is 12.2 Å². The highest BCUT2D eigenvalue weighted by Crippen LogP contribution is 2.09. The van der Waals surface area contributed by atoms with Crippen molar-refractivity contribution in [2.24, 2.45) is 5.73 Å².